The van der Waals surface area contributed by atoms with Gasteiger partial charge in [-0.1, -0.05) is 36.9 Å². The summed E-state index contributed by atoms with van der Waals surface area (Å²) in [5, 5.41) is 11.3. The molecule has 1 atom stereocenters. The lowest BCUT2D eigenvalue weighted by Crippen LogP contribution is -2.38. The zero-order chi connectivity index (χ0) is 13.2. The molecule has 100 valence electrons. The van der Waals surface area contributed by atoms with E-state index in [-0.39, 0.29) is 5.41 Å². The van der Waals surface area contributed by atoms with Crippen LogP contribution in [0.25, 0.3) is 0 Å². The van der Waals surface area contributed by atoms with Crippen molar-refractivity contribution in [3.63, 3.8) is 0 Å². The molecule has 0 saturated heterocycles. The average Bonchev–Trinajstić information content (AvgIpc) is 2.42. The molecule has 0 amide bonds. The minimum absolute atomic E-state index is 0.161. The van der Waals surface area contributed by atoms with Gasteiger partial charge in [0.1, 0.15) is 0 Å². The van der Waals surface area contributed by atoms with Crippen LogP contribution in [0, 0.1) is 5.41 Å². The van der Waals surface area contributed by atoms with Crippen LogP contribution < -0.4 is 5.73 Å². The van der Waals surface area contributed by atoms with Gasteiger partial charge in [-0.05, 0) is 46.5 Å². The Morgan fingerprint density at radius 2 is 2.00 bits per heavy atom. The first-order valence-corrected chi connectivity index (χ1v) is 7.59. The van der Waals surface area contributed by atoms with Gasteiger partial charge >= 0.3 is 0 Å². The van der Waals surface area contributed by atoms with Crippen molar-refractivity contribution >= 4 is 27.5 Å². The monoisotopic (exact) mass is 331 g/mol. The molecule has 0 radical (unpaired) electrons. The summed E-state index contributed by atoms with van der Waals surface area (Å²) >= 11 is 9.39. The molecule has 3 N–H and O–H groups in total. The van der Waals surface area contributed by atoms with Gasteiger partial charge in [0.2, 0.25) is 0 Å². The number of aliphatic hydroxyl groups excluding tert-OH is 1. The quantitative estimate of drug-likeness (QED) is 0.877. The topological polar surface area (TPSA) is 46.2 Å². The van der Waals surface area contributed by atoms with Crippen LogP contribution in [0.15, 0.2) is 22.7 Å². The number of benzene rings is 1. The highest BCUT2D eigenvalue weighted by Gasteiger charge is 2.38. The van der Waals surface area contributed by atoms with Crippen LogP contribution >= 0.6 is 27.5 Å². The maximum atomic E-state index is 10.7. The molecular formula is C14H19BrClNO. The summed E-state index contributed by atoms with van der Waals surface area (Å²) in [5.41, 5.74) is 6.69. The molecule has 1 fully saturated rings. The van der Waals surface area contributed by atoms with E-state index in [4.69, 9.17) is 17.3 Å². The lowest BCUT2D eigenvalue weighted by atomic mass is 9.68. The van der Waals surface area contributed by atoms with Crippen molar-refractivity contribution < 1.29 is 5.11 Å². The molecule has 0 spiro atoms. The van der Waals surface area contributed by atoms with E-state index in [1.165, 1.54) is 6.42 Å². The third-order valence-corrected chi connectivity index (χ3v) is 5.31. The molecule has 0 heterocycles. The second-order valence-electron chi connectivity index (χ2n) is 5.20. The molecule has 2 nitrogen and oxygen atoms in total. The van der Waals surface area contributed by atoms with Crippen LogP contribution in [0.5, 0.6) is 0 Å². The van der Waals surface area contributed by atoms with E-state index in [1.807, 2.05) is 18.2 Å². The van der Waals surface area contributed by atoms with Crippen molar-refractivity contribution in [3.05, 3.63) is 33.3 Å². The fraction of sp³-hybridized carbons (Fsp3) is 0.571. The minimum Gasteiger partial charge on any atom is -0.388 e. The molecule has 1 saturated carbocycles. The van der Waals surface area contributed by atoms with Crippen LogP contribution in [-0.4, -0.2) is 11.7 Å². The lowest BCUT2D eigenvalue weighted by Gasteiger charge is -2.40. The van der Waals surface area contributed by atoms with Gasteiger partial charge in [0.15, 0.2) is 0 Å². The van der Waals surface area contributed by atoms with Gasteiger partial charge in [-0.3, -0.25) is 0 Å². The minimum atomic E-state index is -0.503. The molecule has 18 heavy (non-hydrogen) atoms. The Morgan fingerprint density at radius 1 is 1.33 bits per heavy atom. The molecule has 0 aromatic heterocycles. The molecule has 1 aromatic carbocycles. The first-order chi connectivity index (χ1) is 8.59. The van der Waals surface area contributed by atoms with E-state index in [9.17, 15) is 5.11 Å². The van der Waals surface area contributed by atoms with Crippen molar-refractivity contribution in [2.45, 2.75) is 38.2 Å². The van der Waals surface area contributed by atoms with E-state index in [2.05, 4.69) is 15.9 Å². The van der Waals surface area contributed by atoms with Gasteiger partial charge in [0.25, 0.3) is 0 Å². The number of aliphatic hydroxyl groups is 1. The van der Waals surface area contributed by atoms with E-state index in [1.54, 1.807) is 0 Å². The molecule has 1 aliphatic carbocycles. The highest BCUT2D eigenvalue weighted by atomic mass is 79.9. The Kier molecular flexibility index (Phi) is 4.70. The van der Waals surface area contributed by atoms with E-state index >= 15 is 0 Å². The predicted octanol–water partition coefficient (Wildman–Crippen LogP) is 4.05. The Bertz CT molecular complexity index is 418. The molecule has 4 heteroatoms. The zero-order valence-corrected chi connectivity index (χ0v) is 12.7. The standard InChI is InChI=1S/C14H19BrClNO/c15-11-8-10(4-5-12(11)16)13(18)14(9-17)6-2-1-3-7-14/h4-5,8,13,18H,1-3,6-7,9,17H2. The predicted molar refractivity (Wildman–Crippen MR) is 78.7 cm³/mol. The van der Waals surface area contributed by atoms with Crippen LogP contribution in [0.1, 0.15) is 43.8 Å². The van der Waals surface area contributed by atoms with Gasteiger partial charge in [-0.15, -0.1) is 0 Å². The number of rotatable bonds is 3. The SMILES string of the molecule is NCC1(C(O)c2ccc(Cl)c(Br)c2)CCCCC1. The molecule has 1 aliphatic rings. The van der Waals surface area contributed by atoms with Gasteiger partial charge in [-0.25, -0.2) is 0 Å². The van der Waals surface area contributed by atoms with Crippen LogP contribution in [-0.2, 0) is 0 Å². The molecular weight excluding hydrogens is 314 g/mol. The molecule has 0 bridgehead atoms. The number of nitrogens with two attached hydrogens (primary N) is 1. The fourth-order valence-electron chi connectivity index (χ4n) is 2.88. The van der Waals surface area contributed by atoms with Gasteiger partial charge < -0.3 is 10.8 Å². The van der Waals surface area contributed by atoms with Crippen LogP contribution in [0.3, 0.4) is 0 Å². The summed E-state index contributed by atoms with van der Waals surface area (Å²) in [6, 6.07) is 5.61. The average molecular weight is 333 g/mol. The molecule has 0 aliphatic heterocycles. The largest absolute Gasteiger partial charge is 0.388 e. The van der Waals surface area contributed by atoms with E-state index in [0.717, 1.165) is 35.7 Å². The Morgan fingerprint density at radius 3 is 2.56 bits per heavy atom. The summed E-state index contributed by atoms with van der Waals surface area (Å²) in [6.45, 7) is 0.536. The Balaban J connectivity index is 2.27. The molecule has 1 aromatic rings. The van der Waals surface area contributed by atoms with Gasteiger partial charge in [0.05, 0.1) is 11.1 Å². The molecule has 1 unspecified atom stereocenters. The summed E-state index contributed by atoms with van der Waals surface area (Å²) in [6.07, 6.45) is 5.07. The Labute approximate surface area is 122 Å². The maximum absolute atomic E-state index is 10.7. The van der Waals surface area contributed by atoms with Crippen molar-refractivity contribution in [2.75, 3.05) is 6.54 Å². The fourth-order valence-corrected chi connectivity index (χ4v) is 3.40. The first-order valence-electron chi connectivity index (χ1n) is 6.42. The second kappa shape index (κ2) is 5.91. The van der Waals surface area contributed by atoms with Crippen molar-refractivity contribution in [1.82, 2.24) is 0 Å². The van der Waals surface area contributed by atoms with E-state index < -0.39 is 6.10 Å². The highest BCUT2D eigenvalue weighted by Crippen LogP contribution is 2.45. The summed E-state index contributed by atoms with van der Waals surface area (Å²) in [5.74, 6) is 0. The number of hydrogen-bond acceptors (Lipinski definition) is 2. The summed E-state index contributed by atoms with van der Waals surface area (Å²) < 4.78 is 0.823. The van der Waals surface area contributed by atoms with E-state index in [0.29, 0.717) is 11.6 Å². The van der Waals surface area contributed by atoms with Crippen LogP contribution in [0.2, 0.25) is 5.02 Å². The summed E-state index contributed by atoms with van der Waals surface area (Å²) in [7, 11) is 0. The lowest BCUT2D eigenvalue weighted by molar-refractivity contribution is 0.000665. The van der Waals surface area contributed by atoms with Crippen molar-refractivity contribution in [3.8, 4) is 0 Å². The second-order valence-corrected chi connectivity index (χ2v) is 6.46. The third kappa shape index (κ3) is 2.74. The highest BCUT2D eigenvalue weighted by molar-refractivity contribution is 9.10. The van der Waals surface area contributed by atoms with Gasteiger partial charge in [0, 0.05) is 16.4 Å². The third-order valence-electron chi connectivity index (χ3n) is 4.10. The number of hydrogen-bond donors (Lipinski definition) is 2. The van der Waals surface area contributed by atoms with Crippen LogP contribution in [0.4, 0.5) is 0 Å². The van der Waals surface area contributed by atoms with Crippen molar-refractivity contribution in [1.29, 1.82) is 0 Å². The Hall–Kier alpha value is -0.0900. The van der Waals surface area contributed by atoms with Crippen molar-refractivity contribution in [2.24, 2.45) is 11.1 Å². The summed E-state index contributed by atoms with van der Waals surface area (Å²) in [4.78, 5) is 0. The smallest absolute Gasteiger partial charge is 0.0858 e. The normalized spacial score (nSPS) is 20.7. The first kappa shape index (κ1) is 14.3. The van der Waals surface area contributed by atoms with Gasteiger partial charge in [-0.2, -0.15) is 0 Å². The maximum Gasteiger partial charge on any atom is 0.0858 e. The zero-order valence-electron chi connectivity index (χ0n) is 10.3. The number of halogens is 2. The molecule has 2 rings (SSSR count).